The van der Waals surface area contributed by atoms with Crippen molar-refractivity contribution in [2.75, 3.05) is 13.7 Å². The summed E-state index contributed by atoms with van der Waals surface area (Å²) < 4.78 is 5.46. The molecule has 80 valence electrons. The number of carbonyl (C=O) groups excluding carboxylic acids is 1. The van der Waals surface area contributed by atoms with Crippen LogP contribution in [0.25, 0.3) is 0 Å². The second kappa shape index (κ2) is 4.45. The highest BCUT2D eigenvalue weighted by molar-refractivity contribution is 5.82. The summed E-state index contributed by atoms with van der Waals surface area (Å²) in [6.07, 6.45) is 0.597. The molecule has 0 aromatic heterocycles. The lowest BCUT2D eigenvalue weighted by molar-refractivity contribution is -0.130. The second-order valence-electron chi connectivity index (χ2n) is 3.71. The van der Waals surface area contributed by atoms with E-state index in [0.717, 1.165) is 6.42 Å². The molecule has 1 aromatic carbocycles. The first kappa shape index (κ1) is 10.2. The average molecular weight is 205 g/mol. The van der Waals surface area contributed by atoms with E-state index in [1.54, 1.807) is 7.05 Å². The Hall–Kier alpha value is -1.35. The summed E-state index contributed by atoms with van der Waals surface area (Å²) in [7, 11) is 1.64. The number of hydrogen-bond donors (Lipinski definition) is 1. The third-order valence-corrected chi connectivity index (χ3v) is 2.82. The lowest BCUT2D eigenvalue weighted by atomic mass is 9.92. The summed E-state index contributed by atoms with van der Waals surface area (Å²) >= 11 is 0. The van der Waals surface area contributed by atoms with Crippen molar-refractivity contribution in [2.24, 2.45) is 0 Å². The Morgan fingerprint density at radius 3 is 2.80 bits per heavy atom. The molecule has 3 heteroatoms. The largest absolute Gasteiger partial charge is 0.368 e. The minimum atomic E-state index is -0.322. The first-order valence-corrected chi connectivity index (χ1v) is 5.21. The predicted molar refractivity (Wildman–Crippen MR) is 57.6 cm³/mol. The van der Waals surface area contributed by atoms with E-state index in [1.807, 2.05) is 18.2 Å². The third-order valence-electron chi connectivity index (χ3n) is 2.82. The number of nitrogens with one attached hydrogen (secondary N) is 1. The van der Waals surface area contributed by atoms with Gasteiger partial charge in [0.1, 0.15) is 6.10 Å². The number of ether oxygens (including phenoxy) is 1. The van der Waals surface area contributed by atoms with Crippen LogP contribution in [-0.4, -0.2) is 25.7 Å². The molecular formula is C12H15NO2. The molecule has 3 nitrogen and oxygen atoms in total. The second-order valence-corrected chi connectivity index (χ2v) is 3.71. The molecule has 2 rings (SSSR count). The molecule has 1 saturated heterocycles. The molecule has 0 radical (unpaired) electrons. The van der Waals surface area contributed by atoms with Crippen LogP contribution in [0.3, 0.4) is 0 Å². The molecule has 2 atom stereocenters. The van der Waals surface area contributed by atoms with E-state index < -0.39 is 0 Å². The van der Waals surface area contributed by atoms with E-state index in [2.05, 4.69) is 17.4 Å². The van der Waals surface area contributed by atoms with Crippen LogP contribution in [0.2, 0.25) is 0 Å². The smallest absolute Gasteiger partial charge is 0.249 e. The van der Waals surface area contributed by atoms with E-state index >= 15 is 0 Å². The minimum Gasteiger partial charge on any atom is -0.368 e. The quantitative estimate of drug-likeness (QED) is 0.790. The molecule has 1 aromatic rings. The van der Waals surface area contributed by atoms with Crippen LogP contribution in [0.1, 0.15) is 17.9 Å². The highest BCUT2D eigenvalue weighted by atomic mass is 16.5. The van der Waals surface area contributed by atoms with E-state index in [-0.39, 0.29) is 17.9 Å². The van der Waals surface area contributed by atoms with Crippen molar-refractivity contribution in [3.05, 3.63) is 35.9 Å². The SMILES string of the molecule is CNC(=O)C1OCCC1c1ccccc1. The molecular weight excluding hydrogens is 190 g/mol. The van der Waals surface area contributed by atoms with Gasteiger partial charge in [0, 0.05) is 19.6 Å². The number of benzene rings is 1. The Kier molecular flexibility index (Phi) is 3.02. The fourth-order valence-electron chi connectivity index (χ4n) is 2.03. The van der Waals surface area contributed by atoms with Crippen molar-refractivity contribution < 1.29 is 9.53 Å². The van der Waals surface area contributed by atoms with Crippen LogP contribution in [0.5, 0.6) is 0 Å². The monoisotopic (exact) mass is 205 g/mol. The lowest BCUT2D eigenvalue weighted by Crippen LogP contribution is -2.34. The van der Waals surface area contributed by atoms with E-state index in [9.17, 15) is 4.79 Å². The van der Waals surface area contributed by atoms with Gasteiger partial charge in [-0.2, -0.15) is 0 Å². The van der Waals surface area contributed by atoms with Gasteiger partial charge in [-0.15, -0.1) is 0 Å². The maximum atomic E-state index is 11.6. The van der Waals surface area contributed by atoms with Crippen molar-refractivity contribution in [3.8, 4) is 0 Å². The van der Waals surface area contributed by atoms with Gasteiger partial charge < -0.3 is 10.1 Å². The number of rotatable bonds is 2. The fourth-order valence-corrected chi connectivity index (χ4v) is 2.03. The molecule has 1 aliphatic rings. The molecule has 0 spiro atoms. The molecule has 2 unspecified atom stereocenters. The van der Waals surface area contributed by atoms with Gasteiger partial charge in [-0.05, 0) is 12.0 Å². The summed E-state index contributed by atoms with van der Waals surface area (Å²) in [5.74, 6) is 0.174. The van der Waals surface area contributed by atoms with Crippen molar-refractivity contribution in [3.63, 3.8) is 0 Å². The molecule has 1 aliphatic heterocycles. The van der Waals surface area contributed by atoms with Crippen LogP contribution in [0.4, 0.5) is 0 Å². The first-order valence-electron chi connectivity index (χ1n) is 5.21. The Morgan fingerprint density at radius 1 is 1.40 bits per heavy atom. The minimum absolute atomic E-state index is 0.0265. The first-order chi connectivity index (χ1) is 7.33. The molecule has 0 saturated carbocycles. The Bertz CT molecular complexity index is 337. The topological polar surface area (TPSA) is 38.3 Å². The number of carbonyl (C=O) groups is 1. The summed E-state index contributed by atoms with van der Waals surface area (Å²) in [6.45, 7) is 0.664. The van der Waals surface area contributed by atoms with Crippen LogP contribution in [-0.2, 0) is 9.53 Å². The molecule has 1 N–H and O–H groups in total. The van der Waals surface area contributed by atoms with Crippen molar-refractivity contribution in [2.45, 2.75) is 18.4 Å². The molecule has 15 heavy (non-hydrogen) atoms. The van der Waals surface area contributed by atoms with Gasteiger partial charge in [0.2, 0.25) is 5.91 Å². The van der Waals surface area contributed by atoms with Gasteiger partial charge in [0.05, 0.1) is 0 Å². The highest BCUT2D eigenvalue weighted by Gasteiger charge is 2.34. The molecule has 0 bridgehead atoms. The molecule has 0 aliphatic carbocycles. The normalized spacial score (nSPS) is 25.1. The van der Waals surface area contributed by atoms with Crippen molar-refractivity contribution in [1.82, 2.24) is 5.32 Å². The van der Waals surface area contributed by atoms with Crippen LogP contribution >= 0.6 is 0 Å². The van der Waals surface area contributed by atoms with Gasteiger partial charge in [-0.25, -0.2) is 0 Å². The molecule has 1 fully saturated rings. The Balaban J connectivity index is 2.18. The van der Waals surface area contributed by atoms with E-state index in [0.29, 0.717) is 6.61 Å². The van der Waals surface area contributed by atoms with Crippen molar-refractivity contribution in [1.29, 1.82) is 0 Å². The summed E-state index contributed by atoms with van der Waals surface area (Å²) in [5, 5.41) is 2.64. The van der Waals surface area contributed by atoms with Crippen LogP contribution in [0.15, 0.2) is 30.3 Å². The predicted octanol–water partition coefficient (Wildman–Crippen LogP) is 1.31. The third kappa shape index (κ3) is 2.02. The van der Waals surface area contributed by atoms with Crippen molar-refractivity contribution >= 4 is 5.91 Å². The molecule has 1 heterocycles. The van der Waals surface area contributed by atoms with E-state index in [4.69, 9.17) is 4.74 Å². The Morgan fingerprint density at radius 2 is 2.13 bits per heavy atom. The number of likely N-dealkylation sites (N-methyl/N-ethyl adjacent to an activating group) is 1. The van der Waals surface area contributed by atoms with Gasteiger partial charge in [-0.1, -0.05) is 30.3 Å². The fraction of sp³-hybridized carbons (Fsp3) is 0.417. The lowest BCUT2D eigenvalue weighted by Gasteiger charge is -2.16. The highest BCUT2D eigenvalue weighted by Crippen LogP contribution is 2.31. The van der Waals surface area contributed by atoms with Gasteiger partial charge in [0.15, 0.2) is 0 Å². The Labute approximate surface area is 89.4 Å². The van der Waals surface area contributed by atoms with E-state index in [1.165, 1.54) is 5.56 Å². The van der Waals surface area contributed by atoms with Gasteiger partial charge in [0.25, 0.3) is 0 Å². The standard InChI is InChI=1S/C12H15NO2/c1-13-12(14)11-10(7-8-15-11)9-5-3-2-4-6-9/h2-6,10-11H,7-8H2,1H3,(H,13,14). The zero-order valence-corrected chi connectivity index (χ0v) is 8.77. The van der Waals surface area contributed by atoms with Crippen LogP contribution in [0, 0.1) is 0 Å². The maximum Gasteiger partial charge on any atom is 0.249 e. The van der Waals surface area contributed by atoms with Gasteiger partial charge >= 0.3 is 0 Å². The zero-order valence-electron chi connectivity index (χ0n) is 8.77. The van der Waals surface area contributed by atoms with Crippen LogP contribution < -0.4 is 5.32 Å². The average Bonchev–Trinajstić information content (AvgIpc) is 2.78. The number of amides is 1. The number of hydrogen-bond acceptors (Lipinski definition) is 2. The van der Waals surface area contributed by atoms with Gasteiger partial charge in [-0.3, -0.25) is 4.79 Å². The summed E-state index contributed by atoms with van der Waals surface area (Å²) in [4.78, 5) is 11.6. The summed E-state index contributed by atoms with van der Waals surface area (Å²) in [5.41, 5.74) is 1.18. The zero-order chi connectivity index (χ0) is 10.7. The summed E-state index contributed by atoms with van der Waals surface area (Å²) in [6, 6.07) is 10.1. The molecule has 1 amide bonds. The maximum absolute atomic E-state index is 11.6.